The van der Waals surface area contributed by atoms with Crippen molar-refractivity contribution in [2.75, 3.05) is 13.1 Å². The van der Waals surface area contributed by atoms with Gasteiger partial charge in [0.05, 0.1) is 12.8 Å². The molecule has 0 saturated carbocycles. The summed E-state index contributed by atoms with van der Waals surface area (Å²) in [5, 5.41) is 8.56. The lowest BCUT2D eigenvalue weighted by Gasteiger charge is -2.25. The molecule has 0 saturated heterocycles. The van der Waals surface area contributed by atoms with Gasteiger partial charge in [0, 0.05) is 13.1 Å². The Kier molecular flexibility index (Phi) is 6.12. The molecule has 6 nitrogen and oxygen atoms in total. The zero-order valence-corrected chi connectivity index (χ0v) is 15.7. The first-order valence-corrected chi connectivity index (χ1v) is 9.51. The molecule has 7 heteroatoms. The number of rotatable bonds is 8. The van der Waals surface area contributed by atoms with Crippen molar-refractivity contribution < 1.29 is 9.21 Å². The van der Waals surface area contributed by atoms with E-state index in [-0.39, 0.29) is 11.2 Å². The average molecular weight is 370 g/mol. The van der Waals surface area contributed by atoms with Gasteiger partial charge < -0.3 is 13.9 Å². The maximum atomic E-state index is 13.1. The first-order chi connectivity index (χ1) is 12.7. The fourth-order valence-electron chi connectivity index (χ4n) is 2.71. The Bertz CT molecular complexity index is 813. The minimum absolute atomic E-state index is 0.0822. The van der Waals surface area contributed by atoms with Crippen LogP contribution in [0.4, 0.5) is 0 Å². The third kappa shape index (κ3) is 4.16. The van der Waals surface area contributed by atoms with Crippen LogP contribution in [-0.2, 0) is 11.3 Å². The molecule has 0 aliphatic rings. The van der Waals surface area contributed by atoms with Crippen molar-refractivity contribution in [3.8, 4) is 0 Å². The van der Waals surface area contributed by atoms with Gasteiger partial charge in [0.2, 0.25) is 5.91 Å². The molecule has 3 rings (SSSR count). The number of aromatic nitrogens is 3. The highest BCUT2D eigenvalue weighted by molar-refractivity contribution is 8.00. The number of nitrogens with zero attached hydrogens (tertiary/aromatic N) is 4. The second-order valence-corrected chi connectivity index (χ2v) is 6.81. The Labute approximate surface area is 157 Å². The standard InChI is InChI=1S/C19H22N4O2S/c1-3-22(4-2)18(24)17(15-9-6-5-7-10-15)26-19-21-20-14-23(19)13-16-11-8-12-25-16/h5-12,14,17H,3-4,13H2,1-2H3. The molecule has 0 fully saturated rings. The molecule has 0 aliphatic heterocycles. The van der Waals surface area contributed by atoms with Gasteiger partial charge in [-0.1, -0.05) is 42.1 Å². The van der Waals surface area contributed by atoms with Crippen LogP contribution in [0.1, 0.15) is 30.4 Å². The van der Waals surface area contributed by atoms with E-state index in [9.17, 15) is 4.79 Å². The second-order valence-electron chi connectivity index (χ2n) is 5.74. The Hall–Kier alpha value is -2.54. The maximum Gasteiger partial charge on any atom is 0.240 e. The van der Waals surface area contributed by atoms with Crippen molar-refractivity contribution in [3.05, 3.63) is 66.4 Å². The molecular weight excluding hydrogens is 348 g/mol. The predicted octanol–water partition coefficient (Wildman–Crippen LogP) is 3.62. The van der Waals surface area contributed by atoms with E-state index < -0.39 is 0 Å². The van der Waals surface area contributed by atoms with Crippen LogP contribution in [0.25, 0.3) is 0 Å². The number of furan rings is 1. The molecular formula is C19H22N4O2S. The third-order valence-electron chi connectivity index (χ3n) is 4.11. The lowest BCUT2D eigenvalue weighted by Crippen LogP contribution is -2.34. The van der Waals surface area contributed by atoms with Gasteiger partial charge in [0.1, 0.15) is 17.3 Å². The minimum atomic E-state index is -0.365. The fourth-order valence-corrected chi connectivity index (χ4v) is 3.81. The number of carbonyl (C=O) groups excluding carboxylic acids is 1. The highest BCUT2D eigenvalue weighted by atomic mass is 32.2. The van der Waals surface area contributed by atoms with Gasteiger partial charge in [-0.2, -0.15) is 0 Å². The lowest BCUT2D eigenvalue weighted by atomic mass is 10.1. The first kappa shape index (κ1) is 18.3. The van der Waals surface area contributed by atoms with E-state index in [1.807, 2.05) is 65.8 Å². The van der Waals surface area contributed by atoms with E-state index in [1.165, 1.54) is 11.8 Å². The molecule has 2 heterocycles. The van der Waals surface area contributed by atoms with Crippen LogP contribution in [0.15, 0.2) is 64.6 Å². The Balaban J connectivity index is 1.87. The molecule has 0 aliphatic carbocycles. The number of amides is 1. The minimum Gasteiger partial charge on any atom is -0.467 e. The molecule has 1 aromatic carbocycles. The highest BCUT2D eigenvalue weighted by Gasteiger charge is 2.27. The van der Waals surface area contributed by atoms with Crippen molar-refractivity contribution >= 4 is 17.7 Å². The van der Waals surface area contributed by atoms with E-state index in [1.54, 1.807) is 12.6 Å². The number of hydrogen-bond acceptors (Lipinski definition) is 5. The molecule has 1 unspecified atom stereocenters. The molecule has 0 radical (unpaired) electrons. The summed E-state index contributed by atoms with van der Waals surface area (Å²) in [5.74, 6) is 0.900. The van der Waals surface area contributed by atoms with Gasteiger partial charge in [-0.25, -0.2) is 0 Å². The van der Waals surface area contributed by atoms with Gasteiger partial charge in [-0.15, -0.1) is 10.2 Å². The van der Waals surface area contributed by atoms with E-state index in [2.05, 4.69) is 10.2 Å². The summed E-state index contributed by atoms with van der Waals surface area (Å²) in [6.45, 7) is 5.88. The van der Waals surface area contributed by atoms with Gasteiger partial charge >= 0.3 is 0 Å². The third-order valence-corrected chi connectivity index (χ3v) is 5.35. The summed E-state index contributed by atoms with van der Waals surface area (Å²) in [5.41, 5.74) is 0.960. The van der Waals surface area contributed by atoms with Gasteiger partial charge in [-0.05, 0) is 31.5 Å². The number of hydrogen-bond donors (Lipinski definition) is 0. The van der Waals surface area contributed by atoms with E-state index in [0.717, 1.165) is 11.3 Å². The summed E-state index contributed by atoms with van der Waals surface area (Å²) < 4.78 is 7.31. The van der Waals surface area contributed by atoms with Gasteiger partial charge in [0.15, 0.2) is 5.16 Å². The normalized spacial score (nSPS) is 12.1. The van der Waals surface area contributed by atoms with Crippen LogP contribution >= 0.6 is 11.8 Å². The van der Waals surface area contributed by atoms with Gasteiger partial charge in [-0.3, -0.25) is 4.79 Å². The first-order valence-electron chi connectivity index (χ1n) is 8.63. The molecule has 0 bridgehead atoms. The Morgan fingerprint density at radius 1 is 1.19 bits per heavy atom. The van der Waals surface area contributed by atoms with Crippen LogP contribution in [0.3, 0.4) is 0 Å². The van der Waals surface area contributed by atoms with Crippen LogP contribution in [0.5, 0.6) is 0 Å². The van der Waals surface area contributed by atoms with Crippen molar-refractivity contribution in [1.29, 1.82) is 0 Å². The van der Waals surface area contributed by atoms with Gasteiger partial charge in [0.25, 0.3) is 0 Å². The zero-order chi connectivity index (χ0) is 18.4. The molecule has 0 N–H and O–H groups in total. The van der Waals surface area contributed by atoms with Crippen molar-refractivity contribution in [2.24, 2.45) is 0 Å². The second kappa shape index (κ2) is 8.71. The van der Waals surface area contributed by atoms with Crippen LogP contribution in [-0.4, -0.2) is 38.7 Å². The number of likely N-dealkylation sites (N-methyl/N-ethyl adjacent to an activating group) is 1. The number of thioether (sulfide) groups is 1. The summed E-state index contributed by atoms with van der Waals surface area (Å²) >= 11 is 1.42. The summed E-state index contributed by atoms with van der Waals surface area (Å²) in [4.78, 5) is 14.9. The zero-order valence-electron chi connectivity index (χ0n) is 14.9. The SMILES string of the molecule is CCN(CC)C(=O)C(Sc1nncn1Cc1ccco1)c1ccccc1. The van der Waals surface area contributed by atoms with Crippen molar-refractivity contribution in [3.63, 3.8) is 0 Å². The molecule has 1 amide bonds. The van der Waals surface area contributed by atoms with Crippen molar-refractivity contribution in [2.45, 2.75) is 30.8 Å². The van der Waals surface area contributed by atoms with E-state index >= 15 is 0 Å². The quantitative estimate of drug-likeness (QED) is 0.567. The topological polar surface area (TPSA) is 64.2 Å². The van der Waals surface area contributed by atoms with Crippen LogP contribution < -0.4 is 0 Å². The van der Waals surface area contributed by atoms with E-state index in [4.69, 9.17) is 4.42 Å². The van der Waals surface area contributed by atoms with Crippen molar-refractivity contribution in [1.82, 2.24) is 19.7 Å². The summed E-state index contributed by atoms with van der Waals surface area (Å²) in [6, 6.07) is 13.6. The predicted molar refractivity (Wildman–Crippen MR) is 101 cm³/mol. The summed E-state index contributed by atoms with van der Waals surface area (Å²) in [7, 11) is 0. The van der Waals surface area contributed by atoms with Crippen LogP contribution in [0.2, 0.25) is 0 Å². The van der Waals surface area contributed by atoms with E-state index in [0.29, 0.717) is 24.8 Å². The molecule has 3 aromatic rings. The fraction of sp³-hybridized carbons (Fsp3) is 0.316. The average Bonchev–Trinajstić information content (AvgIpc) is 3.34. The Morgan fingerprint density at radius 2 is 1.96 bits per heavy atom. The molecule has 1 atom stereocenters. The summed E-state index contributed by atoms with van der Waals surface area (Å²) in [6.07, 6.45) is 3.30. The number of benzene rings is 1. The van der Waals surface area contributed by atoms with Crippen LogP contribution in [0, 0.1) is 0 Å². The number of carbonyl (C=O) groups is 1. The maximum absolute atomic E-state index is 13.1. The largest absolute Gasteiger partial charge is 0.467 e. The smallest absolute Gasteiger partial charge is 0.240 e. The highest BCUT2D eigenvalue weighted by Crippen LogP contribution is 2.35. The molecule has 136 valence electrons. The molecule has 0 spiro atoms. The molecule has 2 aromatic heterocycles. The Morgan fingerprint density at radius 3 is 2.62 bits per heavy atom. The monoisotopic (exact) mass is 370 g/mol. The lowest BCUT2D eigenvalue weighted by molar-refractivity contribution is -0.130. The molecule has 26 heavy (non-hydrogen) atoms.